The van der Waals surface area contributed by atoms with E-state index >= 15 is 0 Å². The molecule has 0 spiro atoms. The molecule has 0 bridgehead atoms. The van der Waals surface area contributed by atoms with Crippen molar-refractivity contribution in [3.05, 3.63) is 95.3 Å². The fraction of sp³-hybridized carbons (Fsp3) is 0.259. The molecule has 0 saturated carbocycles. The molecule has 3 aromatic rings. The van der Waals surface area contributed by atoms with Gasteiger partial charge in [-0.2, -0.15) is 0 Å². The fourth-order valence-corrected chi connectivity index (χ4v) is 3.56. The van der Waals surface area contributed by atoms with E-state index in [1.165, 1.54) is 0 Å². The van der Waals surface area contributed by atoms with E-state index in [2.05, 4.69) is 31.1 Å². The molecule has 1 aromatic heterocycles. The van der Waals surface area contributed by atoms with Crippen LogP contribution in [-0.4, -0.2) is 28.6 Å². The van der Waals surface area contributed by atoms with E-state index in [9.17, 15) is 9.59 Å². The van der Waals surface area contributed by atoms with Crippen LogP contribution in [0.15, 0.2) is 73.1 Å². The quantitative estimate of drug-likeness (QED) is 0.386. The van der Waals surface area contributed by atoms with Crippen molar-refractivity contribution in [3.63, 3.8) is 0 Å². The average Bonchev–Trinajstić information content (AvgIpc) is 2.83. The van der Waals surface area contributed by atoms with Gasteiger partial charge in [-0.3, -0.25) is 15.1 Å². The summed E-state index contributed by atoms with van der Waals surface area (Å²) >= 11 is 5.63. The highest BCUT2D eigenvalue weighted by Crippen LogP contribution is 2.23. The van der Waals surface area contributed by atoms with E-state index in [0.29, 0.717) is 24.3 Å². The largest absolute Gasteiger partial charge is 0.462 e. The Balaban J connectivity index is 1.82. The number of benzene rings is 2. The van der Waals surface area contributed by atoms with Crippen LogP contribution in [0.25, 0.3) is 0 Å². The summed E-state index contributed by atoms with van der Waals surface area (Å²) in [6, 6.07) is 18.2. The number of aromatic nitrogens is 1. The summed E-state index contributed by atoms with van der Waals surface area (Å²) in [6.45, 7) is 8.87. The van der Waals surface area contributed by atoms with Gasteiger partial charge in [0.2, 0.25) is 0 Å². The molecule has 6 nitrogen and oxygen atoms in total. The monoisotopic (exact) mass is 475 g/mol. The summed E-state index contributed by atoms with van der Waals surface area (Å²) in [5.74, 6) is -0.669. The highest BCUT2D eigenvalue weighted by atomic mass is 32.1. The van der Waals surface area contributed by atoms with Gasteiger partial charge in [0.25, 0.3) is 5.91 Å². The number of amides is 1. The second kappa shape index (κ2) is 11.0. The Morgan fingerprint density at radius 1 is 0.941 bits per heavy atom. The van der Waals surface area contributed by atoms with Gasteiger partial charge in [0.05, 0.1) is 18.7 Å². The van der Waals surface area contributed by atoms with Gasteiger partial charge in [0, 0.05) is 23.6 Å². The van der Waals surface area contributed by atoms with Crippen LogP contribution < -0.4 is 10.2 Å². The van der Waals surface area contributed by atoms with Gasteiger partial charge in [0.15, 0.2) is 5.11 Å². The molecule has 0 saturated heterocycles. The number of ether oxygens (including phenoxy) is 1. The van der Waals surface area contributed by atoms with Gasteiger partial charge in [-0.25, -0.2) is 4.79 Å². The molecular formula is C27H29N3O3S. The lowest BCUT2D eigenvalue weighted by atomic mass is 9.87. The predicted molar refractivity (Wildman–Crippen MR) is 138 cm³/mol. The third-order valence-corrected chi connectivity index (χ3v) is 5.58. The molecule has 1 heterocycles. The number of hydrogen-bond acceptors (Lipinski definition) is 5. The molecule has 0 radical (unpaired) electrons. The van der Waals surface area contributed by atoms with E-state index < -0.39 is 0 Å². The molecule has 1 amide bonds. The number of nitrogens with zero attached hydrogens (tertiary/aromatic N) is 2. The Labute approximate surface area is 206 Å². The second-order valence-corrected chi connectivity index (χ2v) is 9.18. The van der Waals surface area contributed by atoms with E-state index in [1.807, 2.05) is 24.3 Å². The van der Waals surface area contributed by atoms with Crippen molar-refractivity contribution < 1.29 is 14.3 Å². The van der Waals surface area contributed by atoms with Crippen LogP contribution in [0.2, 0.25) is 0 Å². The molecule has 0 aliphatic carbocycles. The topological polar surface area (TPSA) is 71.5 Å². The van der Waals surface area contributed by atoms with E-state index in [4.69, 9.17) is 17.0 Å². The summed E-state index contributed by atoms with van der Waals surface area (Å²) < 4.78 is 5.06. The van der Waals surface area contributed by atoms with Crippen LogP contribution in [-0.2, 0) is 16.7 Å². The third-order valence-electron chi connectivity index (χ3n) is 5.26. The second-order valence-electron chi connectivity index (χ2n) is 8.80. The fourth-order valence-electron chi connectivity index (χ4n) is 3.30. The third kappa shape index (κ3) is 6.48. The Bertz CT molecular complexity index is 1140. The number of pyridine rings is 1. The number of thiocarbonyl (C=S) groups is 1. The SMILES string of the molecule is CCOC(=O)c1ccc(N(Cc2ccncc2)C(=S)NC(=O)c2ccc(C(C)(C)C)cc2)cc1. The molecule has 0 atom stereocenters. The first-order chi connectivity index (χ1) is 16.2. The molecule has 7 heteroatoms. The molecule has 3 rings (SSSR count). The molecule has 2 aromatic carbocycles. The lowest BCUT2D eigenvalue weighted by Gasteiger charge is -2.26. The molecule has 1 N–H and O–H groups in total. The first kappa shape index (κ1) is 25.1. The van der Waals surface area contributed by atoms with E-state index in [0.717, 1.165) is 16.8 Å². The zero-order valence-electron chi connectivity index (χ0n) is 19.9. The highest BCUT2D eigenvalue weighted by molar-refractivity contribution is 7.80. The number of carbonyl (C=O) groups is 2. The van der Waals surface area contributed by atoms with Crippen LogP contribution in [0.3, 0.4) is 0 Å². The van der Waals surface area contributed by atoms with E-state index in [1.54, 1.807) is 60.6 Å². The van der Waals surface area contributed by atoms with Crippen LogP contribution in [0.1, 0.15) is 59.5 Å². The number of nitrogens with one attached hydrogen (secondary N) is 1. The summed E-state index contributed by atoms with van der Waals surface area (Å²) in [7, 11) is 0. The Hall–Kier alpha value is -3.58. The maximum Gasteiger partial charge on any atom is 0.338 e. The maximum absolute atomic E-state index is 12.9. The van der Waals surface area contributed by atoms with Crippen molar-refractivity contribution in [2.75, 3.05) is 11.5 Å². The number of esters is 1. The molecule has 34 heavy (non-hydrogen) atoms. The normalized spacial score (nSPS) is 10.9. The van der Waals surface area contributed by atoms with Gasteiger partial charge >= 0.3 is 5.97 Å². The van der Waals surface area contributed by atoms with Gasteiger partial charge in [0.1, 0.15) is 0 Å². The molecule has 0 fully saturated rings. The number of carbonyl (C=O) groups excluding carboxylic acids is 2. The van der Waals surface area contributed by atoms with Crippen LogP contribution in [0.4, 0.5) is 5.69 Å². The number of anilines is 1. The van der Waals surface area contributed by atoms with Crippen LogP contribution in [0.5, 0.6) is 0 Å². The lowest BCUT2D eigenvalue weighted by Crippen LogP contribution is -2.42. The van der Waals surface area contributed by atoms with E-state index in [-0.39, 0.29) is 22.4 Å². The summed E-state index contributed by atoms with van der Waals surface area (Å²) in [6.07, 6.45) is 3.41. The summed E-state index contributed by atoms with van der Waals surface area (Å²) in [4.78, 5) is 30.8. The van der Waals surface area contributed by atoms with Gasteiger partial charge in [-0.15, -0.1) is 0 Å². The van der Waals surface area contributed by atoms with Crippen molar-refractivity contribution >= 4 is 34.9 Å². The standard InChI is InChI=1S/C27H29N3O3S/c1-5-33-25(32)21-8-12-23(13-9-21)30(18-19-14-16-28-17-15-19)26(34)29-24(31)20-6-10-22(11-7-20)27(2,3)4/h6-17H,5,18H2,1-4H3,(H,29,31,34). The van der Waals surface area contributed by atoms with Gasteiger partial charge in [-0.05, 0) is 84.2 Å². The molecule has 176 valence electrons. The number of hydrogen-bond donors (Lipinski definition) is 1. The van der Waals surface area contributed by atoms with Crippen molar-refractivity contribution in [2.45, 2.75) is 39.7 Å². The minimum absolute atomic E-state index is 0.00135. The molecule has 0 unspecified atom stereocenters. The molecule has 0 aliphatic heterocycles. The zero-order chi connectivity index (χ0) is 24.7. The average molecular weight is 476 g/mol. The van der Waals surface area contributed by atoms with Crippen molar-refractivity contribution in [1.29, 1.82) is 0 Å². The minimum atomic E-state index is -0.385. The predicted octanol–water partition coefficient (Wildman–Crippen LogP) is 5.28. The Morgan fingerprint density at radius 3 is 2.09 bits per heavy atom. The maximum atomic E-state index is 12.9. The molecular weight excluding hydrogens is 446 g/mol. The molecule has 0 aliphatic rings. The van der Waals surface area contributed by atoms with Gasteiger partial charge in [-0.1, -0.05) is 32.9 Å². The first-order valence-corrected chi connectivity index (χ1v) is 11.5. The summed E-state index contributed by atoms with van der Waals surface area (Å²) in [5.41, 5.74) is 3.82. The highest BCUT2D eigenvalue weighted by Gasteiger charge is 2.19. The Kier molecular flexibility index (Phi) is 8.12. The van der Waals surface area contributed by atoms with Crippen LogP contribution >= 0.6 is 12.2 Å². The summed E-state index contributed by atoms with van der Waals surface area (Å²) in [5, 5.41) is 3.10. The van der Waals surface area contributed by atoms with Crippen molar-refractivity contribution in [2.24, 2.45) is 0 Å². The smallest absolute Gasteiger partial charge is 0.338 e. The number of rotatable bonds is 6. The first-order valence-electron chi connectivity index (χ1n) is 11.1. The van der Waals surface area contributed by atoms with Crippen molar-refractivity contribution in [3.8, 4) is 0 Å². The van der Waals surface area contributed by atoms with Gasteiger partial charge < -0.3 is 9.64 Å². The zero-order valence-corrected chi connectivity index (χ0v) is 20.7. The minimum Gasteiger partial charge on any atom is -0.462 e. The van der Waals surface area contributed by atoms with Crippen LogP contribution in [0, 0.1) is 0 Å². The Morgan fingerprint density at radius 2 is 1.53 bits per heavy atom. The lowest BCUT2D eigenvalue weighted by molar-refractivity contribution is 0.0526. The van der Waals surface area contributed by atoms with Crippen molar-refractivity contribution in [1.82, 2.24) is 10.3 Å².